The van der Waals surface area contributed by atoms with Crippen molar-refractivity contribution in [3.63, 3.8) is 0 Å². The van der Waals surface area contributed by atoms with Crippen LogP contribution in [0.15, 0.2) is 0 Å². The van der Waals surface area contributed by atoms with E-state index in [1.165, 1.54) is 32.1 Å². The number of rotatable bonds is 0. The smallest absolute Gasteiger partial charge is 0.0686 e. The van der Waals surface area contributed by atoms with Gasteiger partial charge in [0.2, 0.25) is 0 Å². The van der Waals surface area contributed by atoms with Crippen molar-refractivity contribution in [2.75, 3.05) is 6.61 Å². The molecule has 10 heavy (non-hydrogen) atoms. The molecule has 1 saturated carbocycles. The summed E-state index contributed by atoms with van der Waals surface area (Å²) < 4.78 is 5.77. The number of ether oxygens (including phenoxy) is 1. The van der Waals surface area contributed by atoms with Gasteiger partial charge in [-0.1, -0.05) is 6.92 Å². The molecule has 0 aromatic carbocycles. The minimum Gasteiger partial charge on any atom is -0.375 e. The first kappa shape index (κ1) is 6.66. The van der Waals surface area contributed by atoms with Crippen LogP contribution in [0.5, 0.6) is 0 Å². The minimum absolute atomic E-state index is 0.361. The molecule has 1 aliphatic carbocycles. The van der Waals surface area contributed by atoms with Crippen LogP contribution in [0.25, 0.3) is 0 Å². The molecule has 2 fully saturated rings. The van der Waals surface area contributed by atoms with Crippen molar-refractivity contribution < 1.29 is 4.74 Å². The topological polar surface area (TPSA) is 9.23 Å². The molecule has 1 nitrogen and oxygen atoms in total. The Balaban J connectivity index is 2.03. The fourth-order valence-electron chi connectivity index (χ4n) is 2.46. The first-order valence-electron chi connectivity index (χ1n) is 4.45. The maximum absolute atomic E-state index is 5.77. The second kappa shape index (κ2) is 2.23. The number of hydrogen-bond donors (Lipinski definition) is 0. The van der Waals surface area contributed by atoms with E-state index in [9.17, 15) is 0 Å². The van der Waals surface area contributed by atoms with E-state index in [1.54, 1.807) is 0 Å². The van der Waals surface area contributed by atoms with Crippen LogP contribution in [0.3, 0.4) is 0 Å². The summed E-state index contributed by atoms with van der Waals surface area (Å²) >= 11 is 0. The predicted molar refractivity (Wildman–Crippen MR) is 40.9 cm³/mol. The fraction of sp³-hybridized carbons (Fsp3) is 1.00. The van der Waals surface area contributed by atoms with Crippen LogP contribution in [0.2, 0.25) is 0 Å². The molecule has 2 aliphatic rings. The van der Waals surface area contributed by atoms with E-state index >= 15 is 0 Å². The molecule has 0 bridgehead atoms. The summed E-state index contributed by atoms with van der Waals surface area (Å²) in [5, 5.41) is 0. The molecule has 0 unspecified atom stereocenters. The van der Waals surface area contributed by atoms with Gasteiger partial charge in [-0.3, -0.25) is 0 Å². The van der Waals surface area contributed by atoms with Gasteiger partial charge >= 0.3 is 0 Å². The third-order valence-corrected chi connectivity index (χ3v) is 3.00. The highest BCUT2D eigenvalue weighted by Crippen LogP contribution is 2.43. The highest BCUT2D eigenvalue weighted by atomic mass is 16.5. The van der Waals surface area contributed by atoms with Gasteiger partial charge in [-0.25, -0.2) is 0 Å². The van der Waals surface area contributed by atoms with Crippen molar-refractivity contribution in [3.05, 3.63) is 0 Å². The fourth-order valence-corrected chi connectivity index (χ4v) is 2.46. The predicted octanol–water partition coefficient (Wildman–Crippen LogP) is 2.36. The molecule has 0 amide bonds. The Bertz CT molecular complexity index is 125. The van der Waals surface area contributed by atoms with E-state index < -0.39 is 0 Å². The Kier molecular flexibility index (Phi) is 1.48. The van der Waals surface area contributed by atoms with Gasteiger partial charge in [0.05, 0.1) is 5.60 Å². The average Bonchev–Trinajstić information content (AvgIpc) is 2.46. The van der Waals surface area contributed by atoms with E-state index in [-0.39, 0.29) is 0 Å². The van der Waals surface area contributed by atoms with Crippen LogP contribution in [0.4, 0.5) is 0 Å². The van der Waals surface area contributed by atoms with Crippen LogP contribution in [0, 0.1) is 5.92 Å². The molecule has 1 heteroatoms. The second-order valence-electron chi connectivity index (χ2n) is 3.98. The van der Waals surface area contributed by atoms with E-state index in [0.717, 1.165) is 12.5 Å². The summed E-state index contributed by atoms with van der Waals surface area (Å²) in [7, 11) is 0. The Hall–Kier alpha value is -0.0400. The molecule has 1 aliphatic heterocycles. The van der Waals surface area contributed by atoms with E-state index in [0.29, 0.717) is 5.60 Å². The summed E-state index contributed by atoms with van der Waals surface area (Å²) in [5.74, 6) is 0.915. The Morgan fingerprint density at radius 1 is 1.40 bits per heavy atom. The summed E-state index contributed by atoms with van der Waals surface area (Å²) in [5.41, 5.74) is 0.361. The third-order valence-electron chi connectivity index (χ3n) is 3.00. The lowest BCUT2D eigenvalue weighted by Gasteiger charge is -2.21. The van der Waals surface area contributed by atoms with Crippen molar-refractivity contribution >= 4 is 0 Å². The van der Waals surface area contributed by atoms with E-state index in [1.807, 2.05) is 0 Å². The zero-order valence-corrected chi connectivity index (χ0v) is 6.73. The number of hydrogen-bond acceptors (Lipinski definition) is 1. The van der Waals surface area contributed by atoms with Gasteiger partial charge in [-0.15, -0.1) is 0 Å². The molecule has 0 radical (unpaired) electrons. The van der Waals surface area contributed by atoms with Crippen LogP contribution in [0.1, 0.15) is 39.0 Å². The van der Waals surface area contributed by atoms with Crippen LogP contribution in [-0.2, 0) is 4.74 Å². The largest absolute Gasteiger partial charge is 0.375 e. The summed E-state index contributed by atoms with van der Waals surface area (Å²) in [6.45, 7) is 3.36. The molecular weight excluding hydrogens is 124 g/mol. The molecule has 0 aromatic rings. The SMILES string of the molecule is C[C@H]1CC[C@]2(CCCO2)C1. The van der Waals surface area contributed by atoms with Gasteiger partial charge in [0, 0.05) is 6.61 Å². The molecule has 1 spiro atoms. The highest BCUT2D eigenvalue weighted by Gasteiger charge is 2.40. The standard InChI is InChI=1S/C9H16O/c1-8-3-5-9(7-8)4-2-6-10-9/h8H,2-7H2,1H3/t8-,9+/m0/s1. The maximum Gasteiger partial charge on any atom is 0.0686 e. The summed E-state index contributed by atoms with van der Waals surface area (Å²) in [6.07, 6.45) is 6.67. The molecule has 58 valence electrons. The lowest BCUT2D eigenvalue weighted by molar-refractivity contribution is 0.00775. The first-order chi connectivity index (χ1) is 4.81. The van der Waals surface area contributed by atoms with E-state index in [4.69, 9.17) is 4.74 Å². The van der Waals surface area contributed by atoms with Crippen molar-refractivity contribution in [1.29, 1.82) is 0 Å². The molecule has 0 aromatic heterocycles. The molecule has 0 N–H and O–H groups in total. The third kappa shape index (κ3) is 0.968. The second-order valence-corrected chi connectivity index (χ2v) is 3.98. The molecule has 2 rings (SSSR count). The monoisotopic (exact) mass is 140 g/mol. The van der Waals surface area contributed by atoms with Gasteiger partial charge in [0.15, 0.2) is 0 Å². The summed E-state index contributed by atoms with van der Waals surface area (Å²) in [4.78, 5) is 0. The van der Waals surface area contributed by atoms with Crippen LogP contribution in [-0.4, -0.2) is 12.2 Å². The normalized spacial score (nSPS) is 47.1. The van der Waals surface area contributed by atoms with Gasteiger partial charge < -0.3 is 4.74 Å². The van der Waals surface area contributed by atoms with Gasteiger partial charge in [0.1, 0.15) is 0 Å². The van der Waals surface area contributed by atoms with E-state index in [2.05, 4.69) is 6.92 Å². The maximum atomic E-state index is 5.77. The molecule has 2 atom stereocenters. The van der Waals surface area contributed by atoms with Gasteiger partial charge in [-0.05, 0) is 38.0 Å². The lowest BCUT2D eigenvalue weighted by Crippen LogP contribution is -2.22. The Morgan fingerprint density at radius 2 is 2.30 bits per heavy atom. The quantitative estimate of drug-likeness (QED) is 0.502. The Morgan fingerprint density at radius 3 is 2.80 bits per heavy atom. The Labute approximate surface area is 62.8 Å². The van der Waals surface area contributed by atoms with Crippen LogP contribution < -0.4 is 0 Å². The highest BCUT2D eigenvalue weighted by molar-refractivity contribution is 4.92. The zero-order valence-electron chi connectivity index (χ0n) is 6.73. The van der Waals surface area contributed by atoms with Crippen LogP contribution >= 0.6 is 0 Å². The molecule has 1 heterocycles. The average molecular weight is 140 g/mol. The summed E-state index contributed by atoms with van der Waals surface area (Å²) in [6, 6.07) is 0. The van der Waals surface area contributed by atoms with Crippen molar-refractivity contribution in [2.24, 2.45) is 5.92 Å². The minimum atomic E-state index is 0.361. The van der Waals surface area contributed by atoms with Crippen molar-refractivity contribution in [3.8, 4) is 0 Å². The van der Waals surface area contributed by atoms with Gasteiger partial charge in [-0.2, -0.15) is 0 Å². The van der Waals surface area contributed by atoms with Gasteiger partial charge in [0.25, 0.3) is 0 Å². The van der Waals surface area contributed by atoms with Crippen molar-refractivity contribution in [2.45, 2.75) is 44.6 Å². The molecule has 1 saturated heterocycles. The lowest BCUT2D eigenvalue weighted by atomic mass is 9.97. The van der Waals surface area contributed by atoms with Crippen molar-refractivity contribution in [1.82, 2.24) is 0 Å². The molecular formula is C9H16O. The first-order valence-corrected chi connectivity index (χ1v) is 4.45. The zero-order chi connectivity index (χ0) is 7.03.